The molecule has 1 aromatic carbocycles. The highest BCUT2D eigenvalue weighted by molar-refractivity contribution is 6.49. The van der Waals surface area contributed by atoms with E-state index in [1.54, 1.807) is 6.07 Å². The van der Waals surface area contributed by atoms with Gasteiger partial charge >= 0.3 is 7.48 Å². The molecule has 1 heterocycles. The molecule has 0 aromatic heterocycles. The summed E-state index contributed by atoms with van der Waals surface area (Å²) in [6, 6.07) is 3.27. The minimum atomic E-state index is -0.414. The number of halogens is 1. The molecule has 0 atom stereocenters. The number of carbonyl (C=O) groups excluding carboxylic acids is 1. The summed E-state index contributed by atoms with van der Waals surface area (Å²) in [7, 11) is 0.280. The number of fused-ring (bicyclic) bond motifs is 1. The Hall–Kier alpha value is -1.16. The number of hydrogen-bond donors (Lipinski definition) is 0. The van der Waals surface area contributed by atoms with Crippen LogP contribution in [0.1, 0.15) is 22.8 Å². The Morgan fingerprint density at radius 3 is 3.08 bits per heavy atom. The summed E-state index contributed by atoms with van der Waals surface area (Å²) in [5.41, 5.74) is 1.54. The second-order valence-corrected chi connectivity index (χ2v) is 3.11. The zero-order valence-corrected chi connectivity index (χ0v) is 7.26. The van der Waals surface area contributed by atoms with Gasteiger partial charge in [-0.2, -0.15) is 0 Å². The van der Waals surface area contributed by atoms with Gasteiger partial charge in [-0.1, -0.05) is 6.07 Å². The van der Waals surface area contributed by atoms with Crippen molar-refractivity contribution in [1.29, 1.82) is 0 Å². The van der Waals surface area contributed by atoms with Crippen LogP contribution in [-0.2, 0) is 11.3 Å². The Balaban J connectivity index is 2.59. The maximum atomic E-state index is 13.5. The molecule has 0 spiro atoms. The van der Waals surface area contributed by atoms with Crippen LogP contribution in [0.3, 0.4) is 0 Å². The lowest BCUT2D eigenvalue weighted by Gasteiger charge is -2.02. The van der Waals surface area contributed by atoms with Crippen molar-refractivity contribution in [2.45, 2.75) is 13.5 Å². The zero-order valence-electron chi connectivity index (χ0n) is 7.26. The van der Waals surface area contributed by atoms with Crippen LogP contribution in [0.15, 0.2) is 12.1 Å². The normalized spacial score (nSPS) is 13.7. The summed E-state index contributed by atoms with van der Waals surface area (Å²) in [6.45, 7) is 1.81. The molecule has 1 aliphatic rings. The number of carbonyl (C=O) groups is 1. The van der Waals surface area contributed by atoms with Crippen molar-refractivity contribution in [3.63, 3.8) is 0 Å². The molecular weight excluding hydrogens is 170 g/mol. The first kappa shape index (κ1) is 8.44. The molecule has 2 nitrogen and oxygen atoms in total. The predicted octanol–water partition coefficient (Wildman–Crippen LogP) is 0.535. The molecule has 0 saturated carbocycles. The summed E-state index contributed by atoms with van der Waals surface area (Å²) in [6.07, 6.45) is 0. The standard InChI is InChI=1S/C9H8BFO2/c1-5(12)7-3-2-6-4-13-10-8(6)9(7)11/h2-3,10H,4H2,1H3. The van der Waals surface area contributed by atoms with Crippen molar-refractivity contribution in [2.24, 2.45) is 0 Å². The van der Waals surface area contributed by atoms with Gasteiger partial charge in [-0.15, -0.1) is 0 Å². The summed E-state index contributed by atoms with van der Waals surface area (Å²) >= 11 is 0. The summed E-state index contributed by atoms with van der Waals surface area (Å²) in [4.78, 5) is 11.0. The molecule has 0 fully saturated rings. The van der Waals surface area contributed by atoms with Crippen LogP contribution in [0.25, 0.3) is 0 Å². The van der Waals surface area contributed by atoms with Gasteiger partial charge in [0, 0.05) is 0 Å². The minimum absolute atomic E-state index is 0.157. The molecule has 1 aliphatic heterocycles. The van der Waals surface area contributed by atoms with E-state index >= 15 is 0 Å². The lowest BCUT2D eigenvalue weighted by atomic mass is 9.85. The highest BCUT2D eigenvalue weighted by atomic mass is 19.1. The van der Waals surface area contributed by atoms with E-state index < -0.39 is 5.82 Å². The average Bonchev–Trinajstić information content (AvgIpc) is 2.52. The highest BCUT2D eigenvalue weighted by Crippen LogP contribution is 2.13. The van der Waals surface area contributed by atoms with Gasteiger partial charge in [-0.25, -0.2) is 4.39 Å². The van der Waals surface area contributed by atoms with E-state index in [0.29, 0.717) is 12.1 Å². The Morgan fingerprint density at radius 2 is 2.38 bits per heavy atom. The van der Waals surface area contributed by atoms with Crippen LogP contribution >= 0.6 is 0 Å². The fourth-order valence-corrected chi connectivity index (χ4v) is 1.49. The summed E-state index contributed by atoms with van der Waals surface area (Å²) < 4.78 is 18.6. The molecule has 1 aromatic rings. The minimum Gasteiger partial charge on any atom is -0.430 e. The maximum absolute atomic E-state index is 13.5. The molecule has 2 rings (SSSR count). The quantitative estimate of drug-likeness (QED) is 0.463. The third kappa shape index (κ3) is 1.27. The third-order valence-electron chi connectivity index (χ3n) is 2.22. The Kier molecular flexibility index (Phi) is 1.92. The van der Waals surface area contributed by atoms with Crippen LogP contribution < -0.4 is 5.46 Å². The molecule has 66 valence electrons. The zero-order chi connectivity index (χ0) is 9.42. The van der Waals surface area contributed by atoms with Gasteiger partial charge in [-0.05, 0) is 24.0 Å². The molecule has 0 unspecified atom stereocenters. The van der Waals surface area contributed by atoms with Gasteiger partial charge in [0.15, 0.2) is 5.78 Å². The molecule has 0 saturated heterocycles. The van der Waals surface area contributed by atoms with E-state index in [1.165, 1.54) is 13.0 Å². The van der Waals surface area contributed by atoms with Gasteiger partial charge in [0.2, 0.25) is 0 Å². The van der Waals surface area contributed by atoms with Gasteiger partial charge in [-0.3, -0.25) is 4.79 Å². The predicted molar refractivity (Wildman–Crippen MR) is 48.0 cm³/mol. The van der Waals surface area contributed by atoms with E-state index in [9.17, 15) is 9.18 Å². The van der Waals surface area contributed by atoms with Crippen molar-refractivity contribution in [1.82, 2.24) is 0 Å². The largest absolute Gasteiger partial charge is 0.430 e. The maximum Gasteiger partial charge on any atom is 0.312 e. The van der Waals surface area contributed by atoms with E-state index in [-0.39, 0.29) is 18.8 Å². The second kappa shape index (κ2) is 2.96. The SMILES string of the molecule is CC(=O)c1ccc2c(c1F)BOC2. The van der Waals surface area contributed by atoms with Gasteiger partial charge in [0.05, 0.1) is 12.2 Å². The molecule has 0 bridgehead atoms. The van der Waals surface area contributed by atoms with Crippen molar-refractivity contribution in [3.8, 4) is 0 Å². The molecule has 0 aliphatic carbocycles. The number of ketones is 1. The molecular formula is C9H8BFO2. The highest BCUT2D eigenvalue weighted by Gasteiger charge is 2.21. The first-order valence-corrected chi connectivity index (χ1v) is 4.09. The van der Waals surface area contributed by atoms with Crippen LogP contribution in [-0.4, -0.2) is 13.3 Å². The monoisotopic (exact) mass is 178 g/mol. The average molecular weight is 178 g/mol. The van der Waals surface area contributed by atoms with Crippen LogP contribution in [0.2, 0.25) is 0 Å². The number of Topliss-reactive ketones (excluding diaryl/α,β-unsaturated/α-hetero) is 1. The lowest BCUT2D eigenvalue weighted by Crippen LogP contribution is -2.19. The smallest absolute Gasteiger partial charge is 0.312 e. The summed E-state index contributed by atoms with van der Waals surface area (Å²) in [5, 5.41) is 0. The van der Waals surface area contributed by atoms with E-state index in [0.717, 1.165) is 5.56 Å². The van der Waals surface area contributed by atoms with Gasteiger partial charge in [0.1, 0.15) is 5.82 Å². The number of rotatable bonds is 1. The number of hydrogen-bond acceptors (Lipinski definition) is 2. The molecule has 0 N–H and O–H groups in total. The van der Waals surface area contributed by atoms with E-state index in [1.807, 2.05) is 0 Å². The second-order valence-electron chi connectivity index (χ2n) is 3.11. The summed E-state index contributed by atoms with van der Waals surface area (Å²) in [5.74, 6) is -0.658. The van der Waals surface area contributed by atoms with Crippen molar-refractivity contribution >= 4 is 18.7 Å². The lowest BCUT2D eigenvalue weighted by molar-refractivity contribution is 0.101. The number of benzene rings is 1. The van der Waals surface area contributed by atoms with Crippen LogP contribution in [0.5, 0.6) is 0 Å². The van der Waals surface area contributed by atoms with E-state index in [4.69, 9.17) is 4.65 Å². The Morgan fingerprint density at radius 1 is 1.62 bits per heavy atom. The van der Waals surface area contributed by atoms with Crippen LogP contribution in [0, 0.1) is 5.82 Å². The molecule has 4 heteroatoms. The fraction of sp³-hybridized carbons (Fsp3) is 0.222. The molecule has 0 amide bonds. The Labute approximate surface area is 76.0 Å². The van der Waals surface area contributed by atoms with Gasteiger partial charge in [0.25, 0.3) is 0 Å². The topological polar surface area (TPSA) is 26.3 Å². The first-order chi connectivity index (χ1) is 6.20. The van der Waals surface area contributed by atoms with Crippen molar-refractivity contribution in [3.05, 3.63) is 29.1 Å². The Bertz CT molecular complexity index is 376. The molecule has 13 heavy (non-hydrogen) atoms. The molecule has 0 radical (unpaired) electrons. The van der Waals surface area contributed by atoms with Crippen molar-refractivity contribution in [2.75, 3.05) is 0 Å². The van der Waals surface area contributed by atoms with Gasteiger partial charge < -0.3 is 4.65 Å². The van der Waals surface area contributed by atoms with Crippen molar-refractivity contribution < 1.29 is 13.8 Å². The third-order valence-corrected chi connectivity index (χ3v) is 2.22. The first-order valence-electron chi connectivity index (χ1n) is 4.09. The van der Waals surface area contributed by atoms with E-state index in [2.05, 4.69) is 0 Å². The fourth-order valence-electron chi connectivity index (χ4n) is 1.49. The van der Waals surface area contributed by atoms with Crippen LogP contribution in [0.4, 0.5) is 4.39 Å².